The second-order valence-electron chi connectivity index (χ2n) is 6.56. The average molecular weight is 378 g/mol. The number of benzene rings is 2. The second kappa shape index (κ2) is 6.92. The van der Waals surface area contributed by atoms with Gasteiger partial charge in [0.2, 0.25) is 5.75 Å². The van der Waals surface area contributed by atoms with Crippen LogP contribution in [0.5, 0.6) is 17.2 Å². The number of aryl methyl sites for hydroxylation is 2. The highest BCUT2D eigenvalue weighted by molar-refractivity contribution is 5.86. The van der Waals surface area contributed by atoms with E-state index >= 15 is 0 Å². The van der Waals surface area contributed by atoms with Crippen molar-refractivity contribution in [1.29, 1.82) is 0 Å². The summed E-state index contributed by atoms with van der Waals surface area (Å²) in [7, 11) is 6.82. The molecule has 0 fully saturated rings. The Morgan fingerprint density at radius 2 is 1.64 bits per heavy atom. The lowest BCUT2D eigenvalue weighted by Crippen LogP contribution is -1.99. The largest absolute Gasteiger partial charge is 0.493 e. The minimum atomic E-state index is 0.543. The molecule has 0 N–H and O–H groups in total. The van der Waals surface area contributed by atoms with Crippen LogP contribution in [0.3, 0.4) is 0 Å². The number of nitrogens with zero attached hydrogens (tertiary/aromatic N) is 4. The van der Waals surface area contributed by atoms with E-state index in [0.717, 1.165) is 11.3 Å². The first-order valence-corrected chi connectivity index (χ1v) is 8.83. The maximum atomic E-state index is 5.47. The number of ether oxygens (including phenoxy) is 3. The van der Waals surface area contributed by atoms with Gasteiger partial charge in [0.15, 0.2) is 17.3 Å². The number of hydrogen-bond acceptors (Lipinski definition) is 5. The van der Waals surface area contributed by atoms with Crippen molar-refractivity contribution in [2.45, 2.75) is 6.92 Å². The fourth-order valence-electron chi connectivity index (χ4n) is 3.56. The Bertz CT molecular complexity index is 1130. The summed E-state index contributed by atoms with van der Waals surface area (Å²) >= 11 is 0. The van der Waals surface area contributed by atoms with Gasteiger partial charge in [0.1, 0.15) is 6.33 Å². The van der Waals surface area contributed by atoms with E-state index < -0.39 is 0 Å². The summed E-state index contributed by atoms with van der Waals surface area (Å²) in [4.78, 5) is 0. The highest BCUT2D eigenvalue weighted by Crippen LogP contribution is 2.41. The van der Waals surface area contributed by atoms with E-state index in [0.29, 0.717) is 23.1 Å². The monoisotopic (exact) mass is 378 g/mol. The Hall–Kier alpha value is -3.48. The molecule has 7 nitrogen and oxygen atoms in total. The van der Waals surface area contributed by atoms with E-state index in [1.807, 2.05) is 16.7 Å². The van der Waals surface area contributed by atoms with Gasteiger partial charge in [0.25, 0.3) is 0 Å². The van der Waals surface area contributed by atoms with Gasteiger partial charge in [-0.2, -0.15) is 0 Å². The zero-order chi connectivity index (χ0) is 19.8. The molecule has 7 heteroatoms. The van der Waals surface area contributed by atoms with Crippen molar-refractivity contribution in [3.8, 4) is 34.3 Å². The van der Waals surface area contributed by atoms with Crippen LogP contribution in [0.2, 0.25) is 0 Å². The van der Waals surface area contributed by atoms with Crippen molar-refractivity contribution < 1.29 is 14.2 Å². The summed E-state index contributed by atoms with van der Waals surface area (Å²) in [6, 6.07) is 10.1. The molecule has 0 saturated heterocycles. The Balaban J connectivity index is 1.87. The molecule has 2 aromatic heterocycles. The van der Waals surface area contributed by atoms with Crippen LogP contribution in [0.15, 0.2) is 42.9 Å². The van der Waals surface area contributed by atoms with E-state index in [9.17, 15) is 0 Å². The minimum absolute atomic E-state index is 0.543. The van der Waals surface area contributed by atoms with Crippen molar-refractivity contribution >= 4 is 10.9 Å². The summed E-state index contributed by atoms with van der Waals surface area (Å²) in [5, 5.41) is 9.66. The Labute approximate surface area is 163 Å². The van der Waals surface area contributed by atoms with Crippen molar-refractivity contribution in [2.24, 2.45) is 7.05 Å². The quantitative estimate of drug-likeness (QED) is 0.529. The maximum Gasteiger partial charge on any atom is 0.203 e. The molecular formula is C21H22N4O3. The third kappa shape index (κ3) is 2.76. The summed E-state index contributed by atoms with van der Waals surface area (Å²) < 4.78 is 20.4. The van der Waals surface area contributed by atoms with Crippen molar-refractivity contribution in [3.05, 3.63) is 48.4 Å². The van der Waals surface area contributed by atoms with Gasteiger partial charge in [0, 0.05) is 35.4 Å². The Morgan fingerprint density at radius 1 is 0.929 bits per heavy atom. The third-order valence-electron chi connectivity index (χ3n) is 4.92. The Kier molecular flexibility index (Phi) is 4.43. The standard InChI is InChI=1S/C21H22N4O3/c1-13-11-24(2)17-7-6-15(10-16(13)17)25-12-22-23-21(25)14-8-18(26-3)20(28-5)19(9-14)27-4/h6-12H,1-5H3. The van der Waals surface area contributed by atoms with Crippen LogP contribution in [0.1, 0.15) is 5.56 Å². The number of rotatable bonds is 5. The first-order chi connectivity index (χ1) is 13.6. The molecule has 28 heavy (non-hydrogen) atoms. The molecule has 0 unspecified atom stereocenters. The van der Waals surface area contributed by atoms with E-state index in [-0.39, 0.29) is 0 Å². The van der Waals surface area contributed by atoms with Crippen LogP contribution in [-0.2, 0) is 7.05 Å². The smallest absolute Gasteiger partial charge is 0.203 e. The van der Waals surface area contributed by atoms with Crippen LogP contribution in [0, 0.1) is 6.92 Å². The first kappa shape index (κ1) is 17.9. The fraction of sp³-hybridized carbons (Fsp3) is 0.238. The molecule has 4 aromatic rings. The Morgan fingerprint density at radius 3 is 2.29 bits per heavy atom. The number of methoxy groups -OCH3 is 3. The van der Waals surface area contributed by atoms with Crippen LogP contribution < -0.4 is 14.2 Å². The summed E-state index contributed by atoms with van der Waals surface area (Å²) in [6.45, 7) is 2.11. The number of hydrogen-bond donors (Lipinski definition) is 0. The number of fused-ring (bicyclic) bond motifs is 1. The zero-order valence-corrected chi connectivity index (χ0v) is 16.6. The van der Waals surface area contributed by atoms with Gasteiger partial charge in [0.05, 0.1) is 21.3 Å². The molecule has 4 rings (SSSR count). The molecule has 0 atom stereocenters. The van der Waals surface area contributed by atoms with Crippen molar-refractivity contribution in [3.63, 3.8) is 0 Å². The lowest BCUT2D eigenvalue weighted by atomic mass is 10.1. The first-order valence-electron chi connectivity index (χ1n) is 8.83. The molecule has 144 valence electrons. The van der Waals surface area contributed by atoms with Gasteiger partial charge >= 0.3 is 0 Å². The summed E-state index contributed by atoms with van der Waals surface area (Å²) in [6.07, 6.45) is 3.83. The molecule has 2 aromatic carbocycles. The molecular weight excluding hydrogens is 356 g/mol. The van der Waals surface area contributed by atoms with Gasteiger partial charge in [-0.1, -0.05) is 0 Å². The fourth-order valence-corrected chi connectivity index (χ4v) is 3.56. The van der Waals surface area contributed by atoms with Crippen LogP contribution in [-0.4, -0.2) is 40.7 Å². The molecule has 0 aliphatic carbocycles. The molecule has 2 heterocycles. The van der Waals surface area contributed by atoms with Crippen LogP contribution in [0.4, 0.5) is 0 Å². The highest BCUT2D eigenvalue weighted by Gasteiger charge is 2.18. The molecule has 0 amide bonds. The van der Waals surface area contributed by atoms with Crippen LogP contribution >= 0.6 is 0 Å². The van der Waals surface area contributed by atoms with E-state index in [1.54, 1.807) is 27.7 Å². The van der Waals surface area contributed by atoms with E-state index in [1.165, 1.54) is 16.5 Å². The summed E-state index contributed by atoms with van der Waals surface area (Å²) in [5.74, 6) is 2.37. The molecule has 0 bridgehead atoms. The van der Waals surface area contributed by atoms with Gasteiger partial charge in [-0.15, -0.1) is 10.2 Å². The van der Waals surface area contributed by atoms with E-state index in [4.69, 9.17) is 14.2 Å². The lowest BCUT2D eigenvalue weighted by Gasteiger charge is -2.14. The van der Waals surface area contributed by atoms with Crippen molar-refractivity contribution in [1.82, 2.24) is 19.3 Å². The van der Waals surface area contributed by atoms with E-state index in [2.05, 4.69) is 53.1 Å². The normalized spacial score (nSPS) is 11.0. The lowest BCUT2D eigenvalue weighted by molar-refractivity contribution is 0.324. The van der Waals surface area contributed by atoms with Gasteiger partial charge in [-0.25, -0.2) is 0 Å². The molecule has 0 spiro atoms. The second-order valence-corrected chi connectivity index (χ2v) is 6.56. The van der Waals surface area contributed by atoms with Crippen molar-refractivity contribution in [2.75, 3.05) is 21.3 Å². The van der Waals surface area contributed by atoms with Gasteiger partial charge in [-0.3, -0.25) is 4.57 Å². The molecule has 0 saturated carbocycles. The third-order valence-corrected chi connectivity index (χ3v) is 4.92. The highest BCUT2D eigenvalue weighted by atomic mass is 16.5. The predicted molar refractivity (Wildman–Crippen MR) is 108 cm³/mol. The minimum Gasteiger partial charge on any atom is -0.493 e. The average Bonchev–Trinajstić information content (AvgIpc) is 3.31. The van der Waals surface area contributed by atoms with Gasteiger partial charge in [-0.05, 0) is 42.8 Å². The number of aromatic nitrogens is 4. The maximum absolute atomic E-state index is 5.47. The van der Waals surface area contributed by atoms with Crippen LogP contribution in [0.25, 0.3) is 28.0 Å². The zero-order valence-electron chi connectivity index (χ0n) is 16.6. The summed E-state index contributed by atoms with van der Waals surface area (Å²) in [5.41, 5.74) is 4.21. The van der Waals surface area contributed by atoms with Gasteiger partial charge < -0.3 is 18.8 Å². The SMILES string of the molecule is COc1cc(-c2nncn2-c2ccc3c(c2)c(C)cn3C)cc(OC)c1OC. The molecule has 0 radical (unpaired) electrons. The molecule has 0 aliphatic heterocycles. The predicted octanol–water partition coefficient (Wildman–Crippen LogP) is 3.76. The molecule has 0 aliphatic rings. The topological polar surface area (TPSA) is 63.3 Å².